The van der Waals surface area contributed by atoms with Gasteiger partial charge in [0.2, 0.25) is 0 Å². The number of hydrogen-bond donors (Lipinski definition) is 1. The quantitative estimate of drug-likeness (QED) is 0.679. The van der Waals surface area contributed by atoms with Crippen molar-refractivity contribution in [3.8, 4) is 5.75 Å². The van der Waals surface area contributed by atoms with E-state index < -0.39 is 0 Å². The normalized spacial score (nSPS) is 14.7. The molecule has 0 spiro atoms. The van der Waals surface area contributed by atoms with Crippen LogP contribution in [0.4, 0.5) is 5.82 Å². The molecular formula is C24H27N2O+. The number of nitrogens with one attached hydrogen (secondary N) is 1. The van der Waals surface area contributed by atoms with Crippen molar-refractivity contribution in [2.45, 2.75) is 31.6 Å². The van der Waals surface area contributed by atoms with Gasteiger partial charge in [-0.15, -0.1) is 0 Å². The van der Waals surface area contributed by atoms with E-state index in [0.29, 0.717) is 5.82 Å². The molecule has 3 aromatic rings. The van der Waals surface area contributed by atoms with Crippen LogP contribution in [0, 0.1) is 5.92 Å². The SMILES string of the molecule is COc1ccc(C(Cc2cccc(CC3CC3)c2)c2cccc(N)[nH+]2)cc1. The maximum absolute atomic E-state index is 6.02. The predicted octanol–water partition coefficient (Wildman–Crippen LogP) is 4.42. The van der Waals surface area contributed by atoms with E-state index in [4.69, 9.17) is 10.5 Å². The summed E-state index contributed by atoms with van der Waals surface area (Å²) in [6, 6.07) is 23.4. The minimum absolute atomic E-state index is 0.218. The zero-order chi connectivity index (χ0) is 18.6. The number of pyridine rings is 1. The lowest BCUT2D eigenvalue weighted by Crippen LogP contribution is -2.21. The number of H-pyrrole nitrogens is 1. The monoisotopic (exact) mass is 359 g/mol. The van der Waals surface area contributed by atoms with Crippen LogP contribution in [-0.4, -0.2) is 7.11 Å². The topological polar surface area (TPSA) is 49.4 Å². The second-order valence-corrected chi connectivity index (χ2v) is 7.56. The van der Waals surface area contributed by atoms with Crippen LogP contribution in [0.3, 0.4) is 0 Å². The number of anilines is 1. The van der Waals surface area contributed by atoms with Crippen LogP contribution in [0.5, 0.6) is 5.75 Å². The van der Waals surface area contributed by atoms with Gasteiger partial charge in [-0.2, -0.15) is 0 Å². The maximum Gasteiger partial charge on any atom is 0.270 e. The summed E-state index contributed by atoms with van der Waals surface area (Å²) in [5.74, 6) is 2.68. The molecule has 3 heteroatoms. The van der Waals surface area contributed by atoms with Gasteiger partial charge in [0.1, 0.15) is 11.4 Å². The third-order valence-corrected chi connectivity index (χ3v) is 5.39. The Kier molecular flexibility index (Phi) is 5.10. The summed E-state index contributed by atoms with van der Waals surface area (Å²) >= 11 is 0. The molecule has 0 saturated heterocycles. The first-order valence-electron chi connectivity index (χ1n) is 9.71. The predicted molar refractivity (Wildman–Crippen MR) is 109 cm³/mol. The Morgan fingerprint density at radius 2 is 1.74 bits per heavy atom. The molecule has 0 aliphatic heterocycles. The molecule has 1 unspecified atom stereocenters. The lowest BCUT2D eigenvalue weighted by Gasteiger charge is -2.17. The third kappa shape index (κ3) is 4.48. The highest BCUT2D eigenvalue weighted by atomic mass is 16.5. The van der Waals surface area contributed by atoms with E-state index in [-0.39, 0.29) is 5.92 Å². The van der Waals surface area contributed by atoms with Crippen molar-refractivity contribution in [3.63, 3.8) is 0 Å². The van der Waals surface area contributed by atoms with Crippen molar-refractivity contribution in [1.82, 2.24) is 0 Å². The fourth-order valence-corrected chi connectivity index (χ4v) is 3.73. The number of nitrogen functional groups attached to an aromatic ring is 1. The van der Waals surface area contributed by atoms with Crippen LogP contribution >= 0.6 is 0 Å². The van der Waals surface area contributed by atoms with Gasteiger partial charge in [-0.25, -0.2) is 4.98 Å². The summed E-state index contributed by atoms with van der Waals surface area (Å²) < 4.78 is 5.32. The Morgan fingerprint density at radius 1 is 1.00 bits per heavy atom. The second kappa shape index (κ2) is 7.83. The molecule has 4 rings (SSSR count). The van der Waals surface area contributed by atoms with E-state index in [1.54, 1.807) is 7.11 Å². The van der Waals surface area contributed by atoms with E-state index in [2.05, 4.69) is 47.4 Å². The van der Waals surface area contributed by atoms with E-state index in [1.807, 2.05) is 24.3 Å². The van der Waals surface area contributed by atoms with Gasteiger partial charge in [-0.1, -0.05) is 42.5 Å². The Hall–Kier alpha value is -2.81. The Bertz CT molecular complexity index is 900. The van der Waals surface area contributed by atoms with E-state index in [0.717, 1.165) is 23.8 Å². The molecule has 1 aliphatic rings. The second-order valence-electron chi connectivity index (χ2n) is 7.56. The third-order valence-electron chi connectivity index (χ3n) is 5.39. The van der Waals surface area contributed by atoms with Crippen molar-refractivity contribution in [2.75, 3.05) is 12.8 Å². The fourth-order valence-electron chi connectivity index (χ4n) is 3.73. The summed E-state index contributed by atoms with van der Waals surface area (Å²) in [7, 11) is 1.70. The lowest BCUT2D eigenvalue weighted by molar-refractivity contribution is -0.374. The minimum Gasteiger partial charge on any atom is -0.497 e. The molecule has 0 amide bonds. The molecule has 0 bridgehead atoms. The zero-order valence-electron chi connectivity index (χ0n) is 15.8. The number of nitrogens with two attached hydrogens (primary N) is 1. The van der Waals surface area contributed by atoms with Crippen LogP contribution in [0.2, 0.25) is 0 Å². The van der Waals surface area contributed by atoms with Crippen molar-refractivity contribution in [2.24, 2.45) is 5.92 Å². The smallest absolute Gasteiger partial charge is 0.270 e. The Morgan fingerprint density at radius 3 is 2.44 bits per heavy atom. The van der Waals surface area contributed by atoms with Crippen LogP contribution in [0.15, 0.2) is 66.7 Å². The number of hydrogen-bond acceptors (Lipinski definition) is 2. The molecule has 1 fully saturated rings. The van der Waals surface area contributed by atoms with Gasteiger partial charge in [-0.3, -0.25) is 5.73 Å². The van der Waals surface area contributed by atoms with Gasteiger partial charge in [0.15, 0.2) is 0 Å². The average Bonchev–Trinajstić information content (AvgIpc) is 3.50. The molecule has 2 aromatic carbocycles. The van der Waals surface area contributed by atoms with Gasteiger partial charge in [0, 0.05) is 12.0 Å². The Labute approximate surface area is 161 Å². The molecule has 1 aromatic heterocycles. The zero-order valence-corrected chi connectivity index (χ0v) is 15.8. The number of ether oxygens (including phenoxy) is 1. The fraction of sp³-hybridized carbons (Fsp3) is 0.292. The summed E-state index contributed by atoms with van der Waals surface area (Å²) in [4.78, 5) is 3.36. The highest BCUT2D eigenvalue weighted by Gasteiger charge is 2.22. The number of benzene rings is 2. The summed E-state index contributed by atoms with van der Waals surface area (Å²) in [5.41, 5.74) is 11.2. The molecule has 1 atom stereocenters. The van der Waals surface area contributed by atoms with Crippen molar-refractivity contribution in [3.05, 3.63) is 89.1 Å². The van der Waals surface area contributed by atoms with E-state index >= 15 is 0 Å². The highest BCUT2D eigenvalue weighted by molar-refractivity contribution is 5.36. The Balaban J connectivity index is 1.64. The van der Waals surface area contributed by atoms with Crippen LogP contribution in [0.1, 0.15) is 41.1 Å². The number of rotatable bonds is 7. The molecule has 1 heterocycles. The molecule has 0 radical (unpaired) electrons. The minimum atomic E-state index is 0.218. The highest BCUT2D eigenvalue weighted by Crippen LogP contribution is 2.33. The molecule has 138 valence electrons. The standard InChI is InChI=1S/C24H26N2O/c1-27-21-12-10-20(11-13-21)22(23-6-3-7-24(25)26-23)16-19-5-2-4-18(15-19)14-17-8-9-17/h2-7,10-13,15,17,22H,8-9,14,16H2,1H3,(H2,25,26)/p+1. The molecule has 27 heavy (non-hydrogen) atoms. The molecule has 3 nitrogen and oxygen atoms in total. The van der Waals surface area contributed by atoms with Crippen molar-refractivity contribution in [1.29, 1.82) is 0 Å². The number of methoxy groups -OCH3 is 1. The number of aromatic amines is 1. The largest absolute Gasteiger partial charge is 0.497 e. The summed E-state index contributed by atoms with van der Waals surface area (Å²) in [5, 5.41) is 0. The van der Waals surface area contributed by atoms with Crippen LogP contribution < -0.4 is 15.5 Å². The van der Waals surface area contributed by atoms with Gasteiger partial charge in [-0.05, 0) is 66.5 Å². The first-order valence-corrected chi connectivity index (χ1v) is 9.71. The number of aromatic nitrogens is 1. The molecule has 1 aliphatic carbocycles. The van der Waals surface area contributed by atoms with Gasteiger partial charge < -0.3 is 4.74 Å². The molecule has 1 saturated carbocycles. The lowest BCUT2D eigenvalue weighted by atomic mass is 9.88. The summed E-state index contributed by atoms with van der Waals surface area (Å²) in [6.45, 7) is 0. The van der Waals surface area contributed by atoms with Crippen LogP contribution in [-0.2, 0) is 12.8 Å². The summed E-state index contributed by atoms with van der Waals surface area (Å²) in [6.07, 6.45) is 4.92. The van der Waals surface area contributed by atoms with E-state index in [1.165, 1.54) is 36.0 Å². The maximum atomic E-state index is 6.02. The van der Waals surface area contributed by atoms with Gasteiger partial charge in [0.05, 0.1) is 7.11 Å². The van der Waals surface area contributed by atoms with Crippen molar-refractivity contribution >= 4 is 5.82 Å². The van der Waals surface area contributed by atoms with Crippen LogP contribution in [0.25, 0.3) is 0 Å². The average molecular weight is 359 g/mol. The van der Waals surface area contributed by atoms with Crippen molar-refractivity contribution < 1.29 is 9.72 Å². The molecular weight excluding hydrogens is 332 g/mol. The molecule has 3 N–H and O–H groups in total. The first-order chi connectivity index (χ1) is 13.2. The van der Waals surface area contributed by atoms with Gasteiger partial charge >= 0.3 is 0 Å². The van der Waals surface area contributed by atoms with Gasteiger partial charge in [0.25, 0.3) is 5.82 Å². The first kappa shape index (κ1) is 17.6. The van der Waals surface area contributed by atoms with E-state index in [9.17, 15) is 0 Å².